The van der Waals surface area contributed by atoms with E-state index in [4.69, 9.17) is 17.0 Å². The third-order valence-corrected chi connectivity index (χ3v) is 2.73. The minimum absolute atomic E-state index is 0.571. The van der Waals surface area contributed by atoms with Crippen LogP contribution >= 0.6 is 12.2 Å². The Morgan fingerprint density at radius 1 is 1.38 bits per heavy atom. The third-order valence-electron chi connectivity index (χ3n) is 2.31. The summed E-state index contributed by atoms with van der Waals surface area (Å²) in [5, 5.41) is 0. The van der Waals surface area contributed by atoms with E-state index in [9.17, 15) is 0 Å². The van der Waals surface area contributed by atoms with Gasteiger partial charge in [-0.3, -0.25) is 4.98 Å². The SMILES string of the molecule is COc1cccnc1-c1[nH]cnc(=S)c1C. The van der Waals surface area contributed by atoms with E-state index in [0.717, 1.165) is 17.0 Å². The second-order valence-electron chi connectivity index (χ2n) is 3.26. The molecule has 0 atom stereocenters. The third kappa shape index (κ3) is 1.81. The quantitative estimate of drug-likeness (QED) is 0.810. The van der Waals surface area contributed by atoms with Crippen LogP contribution in [-0.2, 0) is 0 Å². The van der Waals surface area contributed by atoms with E-state index < -0.39 is 0 Å². The monoisotopic (exact) mass is 233 g/mol. The minimum atomic E-state index is 0.571. The molecule has 0 unspecified atom stereocenters. The van der Waals surface area contributed by atoms with Crippen LogP contribution in [0.25, 0.3) is 11.4 Å². The molecule has 0 saturated carbocycles. The van der Waals surface area contributed by atoms with Crippen LogP contribution in [0.2, 0.25) is 0 Å². The van der Waals surface area contributed by atoms with Gasteiger partial charge in [-0.25, -0.2) is 4.98 Å². The lowest BCUT2D eigenvalue weighted by Gasteiger charge is -2.08. The molecule has 0 aliphatic heterocycles. The zero-order valence-electron chi connectivity index (χ0n) is 9.02. The van der Waals surface area contributed by atoms with Crippen molar-refractivity contribution in [2.45, 2.75) is 6.92 Å². The molecular weight excluding hydrogens is 222 g/mol. The van der Waals surface area contributed by atoms with Gasteiger partial charge in [-0.2, -0.15) is 0 Å². The molecule has 82 valence electrons. The molecule has 0 amide bonds. The maximum Gasteiger partial charge on any atom is 0.146 e. The largest absolute Gasteiger partial charge is 0.494 e. The predicted molar refractivity (Wildman–Crippen MR) is 63.9 cm³/mol. The molecule has 0 aromatic carbocycles. The van der Waals surface area contributed by atoms with Gasteiger partial charge in [0, 0.05) is 11.8 Å². The summed E-state index contributed by atoms with van der Waals surface area (Å²) < 4.78 is 5.83. The Bertz CT molecular complexity index is 565. The summed E-state index contributed by atoms with van der Waals surface area (Å²) >= 11 is 5.12. The number of pyridine rings is 1. The molecule has 0 aliphatic rings. The summed E-state index contributed by atoms with van der Waals surface area (Å²) in [7, 11) is 1.62. The summed E-state index contributed by atoms with van der Waals surface area (Å²) in [6, 6.07) is 3.69. The molecule has 0 aliphatic carbocycles. The van der Waals surface area contributed by atoms with Crippen LogP contribution in [0.5, 0.6) is 5.75 Å². The van der Waals surface area contributed by atoms with Crippen LogP contribution in [0.4, 0.5) is 0 Å². The van der Waals surface area contributed by atoms with Crippen LogP contribution in [0, 0.1) is 11.6 Å². The van der Waals surface area contributed by atoms with Crippen molar-refractivity contribution in [1.29, 1.82) is 0 Å². The number of rotatable bonds is 2. The molecule has 2 aromatic rings. The van der Waals surface area contributed by atoms with Crippen LogP contribution in [0.15, 0.2) is 24.7 Å². The maximum absolute atomic E-state index is 5.26. The molecule has 0 bridgehead atoms. The lowest BCUT2D eigenvalue weighted by molar-refractivity contribution is 0.414. The number of hydrogen-bond donors (Lipinski definition) is 1. The minimum Gasteiger partial charge on any atom is -0.494 e. The molecule has 2 aromatic heterocycles. The molecule has 4 nitrogen and oxygen atoms in total. The summed E-state index contributed by atoms with van der Waals surface area (Å²) in [4.78, 5) is 11.4. The van der Waals surface area contributed by atoms with Crippen molar-refractivity contribution in [3.63, 3.8) is 0 Å². The fourth-order valence-electron chi connectivity index (χ4n) is 1.46. The van der Waals surface area contributed by atoms with Crippen molar-refractivity contribution in [2.75, 3.05) is 7.11 Å². The zero-order chi connectivity index (χ0) is 11.5. The first kappa shape index (κ1) is 10.8. The molecule has 0 spiro atoms. The van der Waals surface area contributed by atoms with Gasteiger partial charge in [-0.05, 0) is 19.1 Å². The lowest BCUT2D eigenvalue weighted by Crippen LogP contribution is -1.96. The van der Waals surface area contributed by atoms with Gasteiger partial charge in [0.15, 0.2) is 0 Å². The summed E-state index contributed by atoms with van der Waals surface area (Å²) in [6.07, 6.45) is 3.29. The molecule has 2 heterocycles. The number of H-pyrrole nitrogens is 1. The first-order chi connectivity index (χ1) is 7.74. The van der Waals surface area contributed by atoms with E-state index in [-0.39, 0.29) is 0 Å². The molecule has 16 heavy (non-hydrogen) atoms. The van der Waals surface area contributed by atoms with Gasteiger partial charge < -0.3 is 9.72 Å². The standard InChI is InChI=1S/C11H11N3OS/c1-7-9(13-6-14-11(7)16)10-8(15-2)4-3-5-12-10/h3-6H,1-2H3,(H,13,14,16). The van der Waals surface area contributed by atoms with Crippen molar-refractivity contribution in [1.82, 2.24) is 15.0 Å². The highest BCUT2D eigenvalue weighted by Crippen LogP contribution is 2.27. The Labute approximate surface area is 98.3 Å². The van der Waals surface area contributed by atoms with Crippen molar-refractivity contribution in [3.8, 4) is 17.1 Å². The zero-order valence-corrected chi connectivity index (χ0v) is 9.84. The number of nitrogens with one attached hydrogen (secondary N) is 1. The Balaban J connectivity index is 2.68. The van der Waals surface area contributed by atoms with Gasteiger partial charge in [-0.15, -0.1) is 0 Å². The van der Waals surface area contributed by atoms with Gasteiger partial charge in [-0.1, -0.05) is 12.2 Å². The highest BCUT2D eigenvalue weighted by molar-refractivity contribution is 7.71. The number of aromatic amines is 1. The number of nitrogens with zero attached hydrogens (tertiary/aromatic N) is 2. The van der Waals surface area contributed by atoms with Crippen molar-refractivity contribution in [3.05, 3.63) is 34.9 Å². The van der Waals surface area contributed by atoms with E-state index >= 15 is 0 Å². The molecular formula is C11H11N3OS. The second kappa shape index (κ2) is 4.40. The summed E-state index contributed by atoms with van der Waals surface area (Å²) in [6.45, 7) is 1.91. The first-order valence-corrected chi connectivity index (χ1v) is 5.18. The van der Waals surface area contributed by atoms with Crippen LogP contribution in [-0.4, -0.2) is 22.1 Å². The molecule has 5 heteroatoms. The van der Waals surface area contributed by atoms with E-state index in [2.05, 4.69) is 15.0 Å². The van der Waals surface area contributed by atoms with Crippen LogP contribution < -0.4 is 4.74 Å². The number of aromatic nitrogens is 3. The number of methoxy groups -OCH3 is 1. The first-order valence-electron chi connectivity index (χ1n) is 4.77. The molecule has 0 fully saturated rings. The number of ether oxygens (including phenoxy) is 1. The highest BCUT2D eigenvalue weighted by Gasteiger charge is 2.10. The van der Waals surface area contributed by atoms with E-state index in [1.807, 2.05) is 19.1 Å². The number of hydrogen-bond acceptors (Lipinski definition) is 4. The van der Waals surface area contributed by atoms with E-state index in [0.29, 0.717) is 10.4 Å². The predicted octanol–water partition coefficient (Wildman–Crippen LogP) is 2.52. The second-order valence-corrected chi connectivity index (χ2v) is 3.65. The maximum atomic E-state index is 5.26. The van der Waals surface area contributed by atoms with Crippen LogP contribution in [0.3, 0.4) is 0 Å². The summed E-state index contributed by atoms with van der Waals surface area (Å²) in [5.74, 6) is 0.711. The van der Waals surface area contributed by atoms with Crippen molar-refractivity contribution >= 4 is 12.2 Å². The topological polar surface area (TPSA) is 50.8 Å². The molecule has 1 N–H and O–H groups in total. The average molecular weight is 233 g/mol. The van der Waals surface area contributed by atoms with Gasteiger partial charge in [0.1, 0.15) is 16.1 Å². The van der Waals surface area contributed by atoms with E-state index in [1.165, 1.54) is 0 Å². The summed E-state index contributed by atoms with van der Waals surface area (Å²) in [5.41, 5.74) is 2.49. The molecule has 0 saturated heterocycles. The van der Waals surface area contributed by atoms with Crippen molar-refractivity contribution in [2.24, 2.45) is 0 Å². The van der Waals surface area contributed by atoms with Gasteiger partial charge >= 0.3 is 0 Å². The van der Waals surface area contributed by atoms with Gasteiger partial charge in [0.05, 0.1) is 19.1 Å². The Morgan fingerprint density at radius 3 is 2.94 bits per heavy atom. The normalized spacial score (nSPS) is 10.1. The molecule has 2 rings (SSSR count). The van der Waals surface area contributed by atoms with Gasteiger partial charge in [0.25, 0.3) is 0 Å². The molecule has 0 radical (unpaired) electrons. The Hall–Kier alpha value is -1.75. The Morgan fingerprint density at radius 2 is 2.19 bits per heavy atom. The van der Waals surface area contributed by atoms with E-state index in [1.54, 1.807) is 19.6 Å². The fourth-order valence-corrected chi connectivity index (χ4v) is 1.61. The fraction of sp³-hybridized carbons (Fsp3) is 0.182. The Kier molecular flexibility index (Phi) is 2.96. The van der Waals surface area contributed by atoms with Crippen LogP contribution in [0.1, 0.15) is 5.56 Å². The highest BCUT2D eigenvalue weighted by atomic mass is 32.1. The smallest absolute Gasteiger partial charge is 0.146 e. The lowest BCUT2D eigenvalue weighted by atomic mass is 10.1. The van der Waals surface area contributed by atoms with Crippen molar-refractivity contribution < 1.29 is 4.74 Å². The average Bonchev–Trinajstić information content (AvgIpc) is 2.33. The van der Waals surface area contributed by atoms with Gasteiger partial charge in [0.2, 0.25) is 0 Å².